The average Bonchev–Trinajstić information content (AvgIpc) is 0.726. The number of benzene rings is 4. The monoisotopic (exact) mass is 1810 g/mol. The number of aromatic nitrogens is 27. The molecule has 0 aliphatic rings. The van der Waals surface area contributed by atoms with E-state index in [1.54, 1.807) is 124 Å². The number of pyridine rings is 15. The lowest BCUT2D eigenvalue weighted by molar-refractivity contribution is 0.983. The molecular formula is C113H73N27. The van der Waals surface area contributed by atoms with Gasteiger partial charge in [-0.3, -0.25) is 54.8 Å². The molecule has 0 aliphatic carbocycles. The average molecular weight is 1810 g/mol. The Balaban J connectivity index is 0.000000116. The number of nitrogens with zero attached hydrogens (tertiary/aromatic N) is 27. The third-order valence-corrected chi connectivity index (χ3v) is 22.0. The summed E-state index contributed by atoms with van der Waals surface area (Å²) in [5.74, 6) is 3.49. The minimum atomic E-state index is 0.301. The quantitative estimate of drug-likeness (QED) is 0.0720. The molecule has 4 aromatic carbocycles. The first-order valence-electron chi connectivity index (χ1n) is 44.4. The summed E-state index contributed by atoms with van der Waals surface area (Å²) in [5.41, 5.74) is 23.4. The molecule has 0 atom stereocenters. The van der Waals surface area contributed by atoms with E-state index in [1.165, 1.54) is 0 Å². The highest BCUT2D eigenvalue weighted by atomic mass is 15.1. The zero-order valence-electron chi connectivity index (χ0n) is 74.2. The van der Waals surface area contributed by atoms with Crippen molar-refractivity contribution < 1.29 is 0 Å². The van der Waals surface area contributed by atoms with Gasteiger partial charge >= 0.3 is 0 Å². The van der Waals surface area contributed by atoms with Gasteiger partial charge in [-0.15, -0.1) is 0 Å². The summed E-state index contributed by atoms with van der Waals surface area (Å²) in [6, 6.07) is 112. The molecule has 0 saturated heterocycles. The van der Waals surface area contributed by atoms with Gasteiger partial charge < -0.3 is 0 Å². The van der Waals surface area contributed by atoms with Crippen LogP contribution >= 0.6 is 0 Å². The van der Waals surface area contributed by atoms with Gasteiger partial charge in [-0.05, 0) is 266 Å². The van der Waals surface area contributed by atoms with Crippen LogP contribution in [0.5, 0.6) is 0 Å². The van der Waals surface area contributed by atoms with Crippen molar-refractivity contribution >= 4 is 21.5 Å². The molecule has 0 fully saturated rings. The van der Waals surface area contributed by atoms with E-state index in [0.717, 1.165) is 157 Å². The number of hydrogen-bond donors (Lipinski definition) is 0. The number of fused-ring (bicyclic) bond motifs is 2. The largest absolute Gasteiger partial charge is 0.255 e. The summed E-state index contributed by atoms with van der Waals surface area (Å²) in [4.78, 5) is 121. The normalized spacial score (nSPS) is 10.9. The highest BCUT2D eigenvalue weighted by Gasteiger charge is 2.24. The van der Waals surface area contributed by atoms with Crippen molar-refractivity contribution in [3.05, 3.63) is 445 Å². The molecule has 0 amide bonds. The highest BCUT2D eigenvalue weighted by molar-refractivity contribution is 6.22. The third-order valence-electron chi connectivity index (χ3n) is 22.0. The molecule has 0 unspecified atom stereocenters. The van der Waals surface area contributed by atoms with Crippen LogP contribution in [0.3, 0.4) is 0 Å². The van der Waals surface area contributed by atoms with Gasteiger partial charge in [-0.1, -0.05) is 140 Å². The van der Waals surface area contributed by atoms with Crippen molar-refractivity contribution in [1.29, 1.82) is 0 Å². The summed E-state index contributed by atoms with van der Waals surface area (Å²) in [7, 11) is 0. The Morgan fingerprint density at radius 3 is 0.450 bits per heavy atom. The van der Waals surface area contributed by atoms with Crippen LogP contribution in [0.15, 0.2) is 445 Å². The maximum atomic E-state index is 5.06. The molecule has 0 N–H and O–H groups in total. The highest BCUT2D eigenvalue weighted by Crippen LogP contribution is 2.46. The van der Waals surface area contributed by atoms with Gasteiger partial charge in [0.2, 0.25) is 17.5 Å². The first-order chi connectivity index (χ1) is 69.4. The first kappa shape index (κ1) is 86.6. The molecule has 660 valence electrons. The topological polar surface area (TPSA) is 348 Å². The summed E-state index contributed by atoms with van der Waals surface area (Å²) in [6.45, 7) is 0. The van der Waals surface area contributed by atoms with Crippen LogP contribution in [-0.4, -0.2) is 135 Å². The van der Waals surface area contributed by atoms with Crippen LogP contribution in [-0.2, 0) is 0 Å². The fourth-order valence-electron chi connectivity index (χ4n) is 15.6. The predicted octanol–water partition coefficient (Wildman–Crippen LogP) is 22.7. The summed E-state index contributed by atoms with van der Waals surface area (Å²) in [6.07, 6.45) is 29.2. The second kappa shape index (κ2) is 41.4. The van der Waals surface area contributed by atoms with E-state index in [-0.39, 0.29) is 0 Å². The van der Waals surface area contributed by atoms with Crippen molar-refractivity contribution in [1.82, 2.24) is 135 Å². The Morgan fingerprint density at radius 1 is 0.100 bits per heavy atom. The Bertz CT molecular complexity index is 7290. The van der Waals surface area contributed by atoms with Crippen molar-refractivity contribution in [2.75, 3.05) is 0 Å². The van der Waals surface area contributed by atoms with Crippen LogP contribution < -0.4 is 0 Å². The van der Waals surface area contributed by atoms with Crippen molar-refractivity contribution in [2.24, 2.45) is 0 Å². The van der Waals surface area contributed by atoms with E-state index in [1.807, 2.05) is 200 Å². The molecule has 0 radical (unpaired) electrons. The summed E-state index contributed by atoms with van der Waals surface area (Å²) >= 11 is 0. The van der Waals surface area contributed by atoms with Gasteiger partial charge in [0.15, 0.2) is 34.9 Å². The Morgan fingerprint density at radius 2 is 0.264 bits per heavy atom. The van der Waals surface area contributed by atoms with Gasteiger partial charge in [-0.2, -0.15) is 0 Å². The lowest BCUT2D eigenvalue weighted by Gasteiger charge is -2.19. The Hall–Kier alpha value is -20.1. The molecule has 0 bridgehead atoms. The summed E-state index contributed by atoms with van der Waals surface area (Å²) in [5, 5.41) is 4.51. The minimum absolute atomic E-state index is 0.301. The molecule has 20 aromatic heterocycles. The standard InChI is InChI=1S/C44H28N6.C36H24N6.C18H12N6.C15H9N9/c1-2-14-32-31(13-1)43(29-25-39(35-17-5-9-21-45-35)49-40(26-29)36-18-6-10-22-46-36)33-15-3-4-16-34(33)44(32)30-27-41(37-19-7-11-23-47-37)50-42(28-30)38-20-8-12-24-48-38;1-5-17-37-29(9-1)33-21-27(22-34(41-33)30-10-2-6-18-38-30)25-13-15-26(16-14-25)28-23-35(31-11-3-7-19-39-31)42-36(24-28)32-12-4-8-20-40-32;1-4-10-19-13(7-1)16-22-17(14-8-2-5-11-20-14)24-18(23-16)15-9-3-6-12-21-15;1-4-16-10(17-5-1)13-22-14(11-18-6-2-7-19-11)24-15(23-13)12-20-8-3-9-21-12/h1-28H;1-24H;1-12H;1-9H. The third kappa shape index (κ3) is 20.0. The van der Waals surface area contributed by atoms with Gasteiger partial charge in [0.25, 0.3) is 0 Å². The van der Waals surface area contributed by atoms with Crippen LogP contribution in [0, 0.1) is 0 Å². The molecule has 27 nitrogen and oxygen atoms in total. The Labute approximate surface area is 801 Å². The molecule has 24 aromatic rings. The molecule has 27 heteroatoms. The van der Waals surface area contributed by atoms with Crippen molar-refractivity contribution in [2.45, 2.75) is 0 Å². The van der Waals surface area contributed by atoms with E-state index >= 15 is 0 Å². The molecule has 24 rings (SSSR count). The molecular weight excluding hydrogens is 1740 g/mol. The molecule has 0 spiro atoms. The van der Waals surface area contributed by atoms with Gasteiger partial charge in [0.1, 0.15) is 17.1 Å². The predicted molar refractivity (Wildman–Crippen MR) is 539 cm³/mol. The Kier molecular flexibility index (Phi) is 25.6. The fourth-order valence-corrected chi connectivity index (χ4v) is 15.6. The van der Waals surface area contributed by atoms with Crippen LogP contribution in [0.25, 0.3) is 227 Å². The fraction of sp³-hybridized carbons (Fsp3) is 0. The van der Waals surface area contributed by atoms with Crippen molar-refractivity contribution in [3.63, 3.8) is 0 Å². The zero-order chi connectivity index (χ0) is 93.8. The first-order valence-corrected chi connectivity index (χ1v) is 44.4. The van der Waals surface area contributed by atoms with E-state index in [4.69, 9.17) is 19.9 Å². The molecule has 140 heavy (non-hydrogen) atoms. The molecule has 0 saturated carbocycles. The van der Waals surface area contributed by atoms with Gasteiger partial charge in [0.05, 0.1) is 91.1 Å². The SMILES string of the molecule is c1ccc(-c2cc(-c3c4ccccc4c(-c4cc(-c5ccccn5)nc(-c5ccccn5)c4)c4ccccc34)cc(-c3ccccn3)n2)nc1.c1ccc(-c2cc(-c3ccc(-c4cc(-c5ccccn5)nc(-c5ccccn5)c4)cc3)cc(-c3ccccn3)n2)nc1.c1ccc(-c2nc(-c3ccccn3)nc(-c3ccccn3)n2)nc1.c1cnc(-c2nc(-c3ncccn3)nc(-c3ncccn3)n2)nc1. The molecule has 20 heterocycles. The second-order valence-corrected chi connectivity index (χ2v) is 31.1. The summed E-state index contributed by atoms with van der Waals surface area (Å²) < 4.78 is 0. The van der Waals surface area contributed by atoms with Crippen molar-refractivity contribution in [3.8, 4) is 205 Å². The second-order valence-electron chi connectivity index (χ2n) is 31.1. The lowest BCUT2D eigenvalue weighted by Crippen LogP contribution is -2.05. The maximum Gasteiger partial charge on any atom is 0.202 e. The van der Waals surface area contributed by atoms with Gasteiger partial charge in [-0.25, -0.2) is 79.7 Å². The smallest absolute Gasteiger partial charge is 0.202 e. The van der Waals surface area contributed by atoms with E-state index < -0.39 is 0 Å². The van der Waals surface area contributed by atoms with E-state index in [0.29, 0.717) is 69.5 Å². The number of rotatable bonds is 18. The van der Waals surface area contributed by atoms with Crippen LogP contribution in [0.4, 0.5) is 0 Å². The van der Waals surface area contributed by atoms with E-state index in [9.17, 15) is 0 Å². The van der Waals surface area contributed by atoms with Crippen LogP contribution in [0.2, 0.25) is 0 Å². The lowest BCUT2D eigenvalue weighted by atomic mass is 9.85. The zero-order valence-corrected chi connectivity index (χ0v) is 74.2. The number of hydrogen-bond acceptors (Lipinski definition) is 27. The van der Waals surface area contributed by atoms with Gasteiger partial charge in [0, 0.05) is 105 Å². The van der Waals surface area contributed by atoms with Crippen LogP contribution in [0.1, 0.15) is 0 Å². The minimum Gasteiger partial charge on any atom is -0.255 e. The maximum absolute atomic E-state index is 5.06. The van der Waals surface area contributed by atoms with E-state index in [2.05, 4.69) is 236 Å². The molecule has 0 aliphatic heterocycles.